The van der Waals surface area contributed by atoms with Gasteiger partial charge in [-0.15, -0.1) is 0 Å². The summed E-state index contributed by atoms with van der Waals surface area (Å²) in [6, 6.07) is 36.7. The summed E-state index contributed by atoms with van der Waals surface area (Å²) in [7, 11) is 2.16. The minimum absolute atomic E-state index is 0.0181. The quantitative estimate of drug-likeness (QED) is 0.235. The fourth-order valence-corrected chi connectivity index (χ4v) is 5.65. The molecule has 0 radical (unpaired) electrons. The molecule has 1 aromatic heterocycles. The number of amidine groups is 1. The fraction of sp³-hybridized carbons (Fsp3) is 0.171. The van der Waals surface area contributed by atoms with Crippen LogP contribution in [0, 0.1) is 0 Å². The molecular formula is C35H34N4. The Morgan fingerprint density at radius 2 is 1.44 bits per heavy atom. The molecule has 1 N–H and O–H groups in total. The van der Waals surface area contributed by atoms with Gasteiger partial charge in [0, 0.05) is 22.0 Å². The van der Waals surface area contributed by atoms with Crippen LogP contribution in [0.3, 0.4) is 0 Å². The van der Waals surface area contributed by atoms with Gasteiger partial charge in [0.25, 0.3) is 0 Å². The van der Waals surface area contributed by atoms with Gasteiger partial charge in [-0.25, -0.2) is 4.99 Å². The average molecular weight is 511 g/mol. The highest BCUT2D eigenvalue weighted by atomic mass is 15.4. The van der Waals surface area contributed by atoms with Crippen LogP contribution in [0.4, 0.5) is 0 Å². The van der Waals surface area contributed by atoms with Crippen molar-refractivity contribution in [2.24, 2.45) is 4.99 Å². The summed E-state index contributed by atoms with van der Waals surface area (Å²) in [6.07, 6.45) is 7.26. The first-order chi connectivity index (χ1) is 19.2. The van der Waals surface area contributed by atoms with E-state index in [1.807, 2.05) is 6.07 Å². The maximum atomic E-state index is 5.18. The van der Waals surface area contributed by atoms with Crippen molar-refractivity contribution >= 4 is 27.6 Å². The molecule has 0 bridgehead atoms. The molecule has 2 heterocycles. The van der Waals surface area contributed by atoms with E-state index in [2.05, 4.69) is 151 Å². The first-order valence-corrected chi connectivity index (χ1v) is 13.7. The number of nitrogens with zero attached hydrogens (tertiary/aromatic N) is 3. The second-order valence-electron chi connectivity index (χ2n) is 10.0. The van der Waals surface area contributed by atoms with E-state index >= 15 is 0 Å². The first-order valence-electron chi connectivity index (χ1n) is 13.7. The number of aliphatic imine (C=N–C) groups is 1. The monoisotopic (exact) mass is 510 g/mol. The van der Waals surface area contributed by atoms with Gasteiger partial charge in [0.05, 0.1) is 11.0 Å². The molecule has 0 fully saturated rings. The van der Waals surface area contributed by atoms with E-state index in [-0.39, 0.29) is 12.3 Å². The lowest BCUT2D eigenvalue weighted by Gasteiger charge is -2.40. The van der Waals surface area contributed by atoms with E-state index in [9.17, 15) is 0 Å². The second kappa shape index (κ2) is 10.8. The number of rotatable bonds is 6. The summed E-state index contributed by atoms with van der Waals surface area (Å²) < 4.78 is 2.36. The SMILES string of the molecule is C/C=C\C=C(/CC)C1N=C(c2ccccc2)NC(c2ccc(-n3c4ccccc4c4ccccc43)cc2)N1C. The molecule has 2 atom stereocenters. The molecule has 0 saturated heterocycles. The third-order valence-corrected chi connectivity index (χ3v) is 7.65. The zero-order valence-corrected chi connectivity index (χ0v) is 22.8. The molecule has 4 heteroatoms. The zero-order chi connectivity index (χ0) is 26.8. The number of aromatic nitrogens is 1. The molecule has 0 amide bonds. The number of allylic oxidation sites excluding steroid dienone is 3. The summed E-state index contributed by atoms with van der Waals surface area (Å²) in [5, 5.41) is 6.29. The highest BCUT2D eigenvalue weighted by molar-refractivity contribution is 6.09. The summed E-state index contributed by atoms with van der Waals surface area (Å²) in [4.78, 5) is 7.52. The van der Waals surface area contributed by atoms with Gasteiger partial charge in [-0.2, -0.15) is 0 Å². The minimum Gasteiger partial charge on any atom is -0.350 e. The molecule has 4 nitrogen and oxygen atoms in total. The van der Waals surface area contributed by atoms with E-state index in [1.54, 1.807) is 0 Å². The minimum atomic E-state index is -0.0512. The highest BCUT2D eigenvalue weighted by Crippen LogP contribution is 2.33. The number of para-hydroxylation sites is 2. The van der Waals surface area contributed by atoms with Gasteiger partial charge in [0.2, 0.25) is 0 Å². The van der Waals surface area contributed by atoms with Crippen LogP contribution in [0.15, 0.2) is 132 Å². The molecule has 2 unspecified atom stereocenters. The van der Waals surface area contributed by atoms with Gasteiger partial charge in [-0.05, 0) is 55.8 Å². The third kappa shape index (κ3) is 4.58. The van der Waals surface area contributed by atoms with Gasteiger partial charge < -0.3 is 9.88 Å². The van der Waals surface area contributed by atoms with E-state index < -0.39 is 0 Å². The van der Waals surface area contributed by atoms with E-state index in [0.717, 1.165) is 23.5 Å². The molecule has 39 heavy (non-hydrogen) atoms. The Hall–Kier alpha value is -4.41. The van der Waals surface area contributed by atoms with E-state index in [0.29, 0.717) is 0 Å². The van der Waals surface area contributed by atoms with E-state index in [4.69, 9.17) is 4.99 Å². The smallest absolute Gasteiger partial charge is 0.131 e. The van der Waals surface area contributed by atoms with Crippen molar-refractivity contribution in [1.82, 2.24) is 14.8 Å². The van der Waals surface area contributed by atoms with Crippen LogP contribution in [-0.2, 0) is 0 Å². The number of nitrogens with one attached hydrogen (secondary N) is 1. The van der Waals surface area contributed by atoms with Gasteiger partial charge in [-0.3, -0.25) is 4.90 Å². The lowest BCUT2D eigenvalue weighted by molar-refractivity contribution is 0.171. The molecule has 194 valence electrons. The van der Waals surface area contributed by atoms with Crippen molar-refractivity contribution in [3.8, 4) is 5.69 Å². The summed E-state index contributed by atoms with van der Waals surface area (Å²) in [5.41, 5.74) is 7.20. The third-order valence-electron chi connectivity index (χ3n) is 7.65. The molecule has 5 aromatic rings. The Labute approximate surface area is 230 Å². The molecular weight excluding hydrogens is 476 g/mol. The average Bonchev–Trinajstić information content (AvgIpc) is 3.33. The van der Waals surface area contributed by atoms with Crippen LogP contribution in [0.1, 0.15) is 37.6 Å². The molecule has 0 saturated carbocycles. The Balaban J connectivity index is 1.41. The molecule has 1 aliphatic rings. The van der Waals surface area contributed by atoms with Gasteiger partial charge in [-0.1, -0.05) is 104 Å². The molecule has 0 spiro atoms. The fourth-order valence-electron chi connectivity index (χ4n) is 5.65. The largest absolute Gasteiger partial charge is 0.350 e. The van der Waals surface area contributed by atoms with Crippen molar-refractivity contribution in [2.45, 2.75) is 32.6 Å². The summed E-state index contributed by atoms with van der Waals surface area (Å²) >= 11 is 0. The van der Waals surface area contributed by atoms with Gasteiger partial charge >= 0.3 is 0 Å². The normalized spacial score (nSPS) is 18.5. The number of likely N-dealkylation sites (N-methyl/N-ethyl adjacent to an activating group) is 1. The zero-order valence-electron chi connectivity index (χ0n) is 22.8. The van der Waals surface area contributed by atoms with Crippen molar-refractivity contribution < 1.29 is 0 Å². The molecule has 0 aliphatic carbocycles. The Morgan fingerprint density at radius 1 is 0.821 bits per heavy atom. The number of benzene rings is 4. The van der Waals surface area contributed by atoms with Crippen LogP contribution in [0.25, 0.3) is 27.5 Å². The predicted octanol–water partition coefficient (Wildman–Crippen LogP) is 8.00. The van der Waals surface area contributed by atoms with Crippen molar-refractivity contribution in [1.29, 1.82) is 0 Å². The van der Waals surface area contributed by atoms with Crippen LogP contribution < -0.4 is 5.32 Å². The van der Waals surface area contributed by atoms with Crippen LogP contribution in [0.5, 0.6) is 0 Å². The number of fused-ring (bicyclic) bond motifs is 3. The van der Waals surface area contributed by atoms with Crippen LogP contribution in [-0.4, -0.2) is 28.5 Å². The Bertz CT molecular complexity index is 1640. The standard InChI is InChI=1S/C35H34N4/c1-4-6-14-25(5-2)34-36-33(26-15-8-7-9-16-26)37-35(38(34)3)27-21-23-28(24-22-27)39-31-19-12-10-17-29(31)30-18-11-13-20-32(30)39/h4,6-24,34-35H,5H2,1-3H3,(H,36,37)/b6-4-,25-14+. The molecule has 1 aliphatic heterocycles. The Morgan fingerprint density at radius 3 is 2.05 bits per heavy atom. The molecule has 4 aromatic carbocycles. The predicted molar refractivity (Wildman–Crippen MR) is 164 cm³/mol. The summed E-state index contributed by atoms with van der Waals surface area (Å²) in [6.45, 7) is 4.26. The number of hydrogen-bond donors (Lipinski definition) is 1. The number of hydrogen-bond acceptors (Lipinski definition) is 3. The van der Waals surface area contributed by atoms with Gasteiger partial charge in [0.15, 0.2) is 0 Å². The topological polar surface area (TPSA) is 32.6 Å². The molecule has 6 rings (SSSR count). The van der Waals surface area contributed by atoms with Crippen molar-refractivity contribution in [3.63, 3.8) is 0 Å². The van der Waals surface area contributed by atoms with Crippen LogP contribution in [0.2, 0.25) is 0 Å². The summed E-state index contributed by atoms with van der Waals surface area (Å²) in [5.74, 6) is 0.926. The maximum Gasteiger partial charge on any atom is 0.131 e. The second-order valence-corrected chi connectivity index (χ2v) is 10.0. The van der Waals surface area contributed by atoms with Crippen molar-refractivity contribution in [3.05, 3.63) is 138 Å². The lowest BCUT2D eigenvalue weighted by Crippen LogP contribution is -2.50. The van der Waals surface area contributed by atoms with E-state index in [1.165, 1.54) is 32.9 Å². The Kier molecular flexibility index (Phi) is 6.87. The lowest BCUT2D eigenvalue weighted by atomic mass is 10.0. The van der Waals surface area contributed by atoms with Crippen molar-refractivity contribution in [2.75, 3.05) is 7.05 Å². The van der Waals surface area contributed by atoms with Gasteiger partial charge in [0.1, 0.15) is 18.2 Å². The first kappa shape index (κ1) is 24.9. The highest BCUT2D eigenvalue weighted by Gasteiger charge is 2.31. The maximum absolute atomic E-state index is 5.18. The van der Waals surface area contributed by atoms with Crippen LogP contribution >= 0.6 is 0 Å².